The Balaban J connectivity index is 1.66. The number of likely N-dealkylation sites (tertiary alicyclic amines) is 1. The van der Waals surface area contributed by atoms with E-state index in [0.29, 0.717) is 23.7 Å². The Labute approximate surface area is 190 Å². The summed E-state index contributed by atoms with van der Waals surface area (Å²) in [4.78, 5) is 23.8. The molecule has 1 aliphatic carbocycles. The number of carbonyl (C=O) groups is 1. The number of methoxy groups -OCH3 is 2. The first-order chi connectivity index (χ1) is 15.3. The van der Waals surface area contributed by atoms with E-state index in [1.165, 1.54) is 5.56 Å². The smallest absolute Gasteiger partial charge is 0.493 e. The Bertz CT molecular complexity index is 832. The Kier molecular flexibility index (Phi) is 8.22. The second-order valence-electron chi connectivity index (χ2n) is 8.17. The van der Waals surface area contributed by atoms with Gasteiger partial charge in [-0.1, -0.05) is 6.07 Å². The van der Waals surface area contributed by atoms with Gasteiger partial charge in [0.1, 0.15) is 5.76 Å². The summed E-state index contributed by atoms with van der Waals surface area (Å²) in [6.07, 6.45) is 3.41. The number of ether oxygens (including phenoxy) is 4. The van der Waals surface area contributed by atoms with Crippen LogP contribution in [0.1, 0.15) is 38.7 Å². The average molecular weight is 469 g/mol. The molecule has 32 heavy (non-hydrogen) atoms. The van der Waals surface area contributed by atoms with Gasteiger partial charge in [-0.05, 0) is 64.1 Å². The lowest BCUT2D eigenvalue weighted by Crippen LogP contribution is -2.42. The first-order valence-corrected chi connectivity index (χ1v) is 11.7. The second-order valence-corrected chi connectivity index (χ2v) is 9.09. The molecule has 1 aromatic carbocycles. The maximum atomic E-state index is 11.4. The Morgan fingerprint density at radius 2 is 2.00 bits per heavy atom. The highest BCUT2D eigenvalue weighted by atomic mass is 31.2. The van der Waals surface area contributed by atoms with E-state index in [2.05, 4.69) is 30.2 Å². The second kappa shape index (κ2) is 10.7. The molecule has 0 amide bonds. The van der Waals surface area contributed by atoms with Crippen LogP contribution in [0.4, 0.5) is 4.79 Å². The van der Waals surface area contributed by atoms with Crippen molar-refractivity contribution < 1.29 is 37.7 Å². The van der Waals surface area contributed by atoms with Gasteiger partial charge in [0.15, 0.2) is 11.5 Å². The van der Waals surface area contributed by atoms with Crippen molar-refractivity contribution in [2.75, 3.05) is 34.6 Å². The number of likely N-dealkylation sites (N-methyl/N-ethyl adjacent to an activating group) is 1. The number of nitrogens with zero attached hydrogens (tertiary/aromatic N) is 1. The third-order valence-electron chi connectivity index (χ3n) is 5.94. The van der Waals surface area contributed by atoms with Crippen LogP contribution in [0.3, 0.4) is 0 Å². The van der Waals surface area contributed by atoms with E-state index >= 15 is 0 Å². The largest absolute Gasteiger partial charge is 0.510 e. The van der Waals surface area contributed by atoms with Crippen molar-refractivity contribution in [3.05, 3.63) is 35.6 Å². The number of allylic oxidation sites excluding steroid dienone is 1. The predicted molar refractivity (Wildman–Crippen MR) is 118 cm³/mol. The molecule has 0 radical (unpaired) electrons. The molecule has 1 heterocycles. The zero-order valence-electron chi connectivity index (χ0n) is 19.2. The van der Waals surface area contributed by atoms with E-state index in [1.807, 2.05) is 6.07 Å². The average Bonchev–Trinajstić information content (AvgIpc) is 3.10. The molecular weight excluding hydrogens is 437 g/mol. The monoisotopic (exact) mass is 469 g/mol. The number of carbonyl (C=O) groups excluding carboxylic acids is 1. The molecule has 3 rings (SSSR count). The maximum Gasteiger partial charge on any atom is 0.510 e. The minimum atomic E-state index is -2.23. The van der Waals surface area contributed by atoms with Gasteiger partial charge >= 0.3 is 14.8 Å². The third kappa shape index (κ3) is 5.46. The van der Waals surface area contributed by atoms with Gasteiger partial charge in [-0.3, -0.25) is 9.42 Å². The van der Waals surface area contributed by atoms with E-state index < -0.39 is 21.6 Å². The third-order valence-corrected chi connectivity index (χ3v) is 6.66. The number of benzene rings is 1. The van der Waals surface area contributed by atoms with Gasteiger partial charge in [0.2, 0.25) is 6.79 Å². The lowest BCUT2D eigenvalue weighted by Gasteiger charge is -2.40. The molecule has 0 saturated carbocycles. The van der Waals surface area contributed by atoms with Gasteiger partial charge in [-0.25, -0.2) is 4.79 Å². The Morgan fingerprint density at radius 1 is 1.25 bits per heavy atom. The van der Waals surface area contributed by atoms with Gasteiger partial charge in [-0.15, -0.1) is 0 Å². The number of hydrogen-bond acceptors (Lipinski definition) is 9. The minimum Gasteiger partial charge on any atom is -0.493 e. The fraction of sp³-hybridized carbons (Fsp3) is 0.591. The normalized spacial score (nSPS) is 23.8. The molecule has 2 aliphatic rings. The molecule has 10 heteroatoms. The number of hydrogen-bond donors (Lipinski definition) is 1. The summed E-state index contributed by atoms with van der Waals surface area (Å²) in [6.45, 7) is 3.92. The molecular formula is C22H32NO8P. The molecule has 1 fully saturated rings. The van der Waals surface area contributed by atoms with E-state index in [0.717, 1.165) is 19.4 Å². The van der Waals surface area contributed by atoms with Gasteiger partial charge in [0.05, 0.1) is 20.3 Å². The number of rotatable bonds is 9. The van der Waals surface area contributed by atoms with Crippen LogP contribution in [0.15, 0.2) is 30.0 Å². The van der Waals surface area contributed by atoms with Crippen LogP contribution in [0.5, 0.6) is 11.5 Å². The van der Waals surface area contributed by atoms with Crippen LogP contribution in [0.25, 0.3) is 0 Å². The molecule has 178 valence electrons. The molecule has 0 spiro atoms. The zero-order chi connectivity index (χ0) is 23.3. The highest BCUT2D eigenvalue weighted by Crippen LogP contribution is 2.50. The van der Waals surface area contributed by atoms with Crippen LogP contribution in [-0.4, -0.2) is 62.7 Å². The predicted octanol–water partition coefficient (Wildman–Crippen LogP) is 4.09. The van der Waals surface area contributed by atoms with E-state index in [4.69, 9.17) is 28.0 Å². The number of fused-ring (bicyclic) bond motifs is 1. The quantitative estimate of drug-likeness (QED) is 0.326. The van der Waals surface area contributed by atoms with Crippen molar-refractivity contribution in [1.29, 1.82) is 0 Å². The van der Waals surface area contributed by atoms with Crippen LogP contribution in [0.2, 0.25) is 0 Å². The fourth-order valence-electron chi connectivity index (χ4n) is 4.40. The van der Waals surface area contributed by atoms with Crippen LogP contribution < -0.4 is 9.47 Å². The minimum absolute atomic E-state index is 0.0794. The van der Waals surface area contributed by atoms with Gasteiger partial charge in [0.25, 0.3) is 0 Å². The van der Waals surface area contributed by atoms with E-state index in [1.54, 1.807) is 28.1 Å². The lowest BCUT2D eigenvalue weighted by molar-refractivity contribution is -0.0121. The van der Waals surface area contributed by atoms with Gasteiger partial charge < -0.3 is 28.4 Å². The molecule has 9 nitrogen and oxygen atoms in total. The van der Waals surface area contributed by atoms with Crippen LogP contribution in [-0.2, 0) is 23.9 Å². The Morgan fingerprint density at radius 3 is 2.69 bits per heavy atom. The summed E-state index contributed by atoms with van der Waals surface area (Å²) >= 11 is 0. The summed E-state index contributed by atoms with van der Waals surface area (Å²) in [5.41, 5.74) is 1.11. The van der Waals surface area contributed by atoms with Gasteiger partial charge in [0, 0.05) is 17.9 Å². The fourth-order valence-corrected chi connectivity index (χ4v) is 4.95. The van der Waals surface area contributed by atoms with Crippen LogP contribution >= 0.6 is 8.60 Å². The molecule has 1 saturated heterocycles. The van der Waals surface area contributed by atoms with Crippen LogP contribution in [0, 0.1) is 0 Å². The molecule has 1 aliphatic heterocycles. The summed E-state index contributed by atoms with van der Waals surface area (Å²) in [6, 6.07) is 6.20. The van der Waals surface area contributed by atoms with Crippen molar-refractivity contribution in [3.63, 3.8) is 0 Å². The van der Waals surface area contributed by atoms with Crippen molar-refractivity contribution in [1.82, 2.24) is 4.90 Å². The summed E-state index contributed by atoms with van der Waals surface area (Å²) in [5.74, 6) is 2.08. The van der Waals surface area contributed by atoms with Crippen molar-refractivity contribution in [3.8, 4) is 11.5 Å². The molecule has 0 aromatic heterocycles. The summed E-state index contributed by atoms with van der Waals surface area (Å²) in [5, 5.41) is 0. The lowest BCUT2D eigenvalue weighted by atomic mass is 9.68. The molecule has 0 bridgehead atoms. The van der Waals surface area contributed by atoms with Crippen molar-refractivity contribution in [2.24, 2.45) is 0 Å². The van der Waals surface area contributed by atoms with Gasteiger partial charge in [-0.2, -0.15) is 0 Å². The first kappa shape index (κ1) is 24.6. The van der Waals surface area contributed by atoms with Crippen molar-refractivity contribution in [2.45, 2.75) is 50.7 Å². The standard InChI is InChI=1S/C22H32NO8P/c1-15(2)30-21(24)28-14-29-32(25)31-17-8-9-22(10-11-23(3)20(22)13-17)16-6-7-18(26-4)19(12-16)27-5/h6-7,12-13,15,20,25H,8-11,14H2,1-5H3. The molecule has 3 unspecified atom stereocenters. The first-order valence-electron chi connectivity index (χ1n) is 10.6. The van der Waals surface area contributed by atoms with E-state index in [9.17, 15) is 9.69 Å². The SMILES string of the molecule is COc1ccc(C23CCC(OP(O)OCOC(=O)OC(C)C)=CC2N(C)CC3)cc1OC. The summed E-state index contributed by atoms with van der Waals surface area (Å²) < 4.78 is 31.2. The van der Waals surface area contributed by atoms with Crippen molar-refractivity contribution >= 4 is 14.8 Å². The maximum absolute atomic E-state index is 11.4. The molecule has 1 N–H and O–H groups in total. The molecule has 3 atom stereocenters. The highest BCUT2D eigenvalue weighted by molar-refractivity contribution is 7.40. The highest BCUT2D eigenvalue weighted by Gasteiger charge is 2.48. The summed E-state index contributed by atoms with van der Waals surface area (Å²) in [7, 11) is 3.12. The topological polar surface area (TPSA) is 95.9 Å². The van der Waals surface area contributed by atoms with E-state index in [-0.39, 0.29) is 17.6 Å². The zero-order valence-corrected chi connectivity index (χ0v) is 20.1. The Hall–Kier alpha value is -2.06. The molecule has 1 aromatic rings.